The Labute approximate surface area is 127 Å². The summed E-state index contributed by atoms with van der Waals surface area (Å²) in [4.78, 5) is 14.4. The van der Waals surface area contributed by atoms with Crippen LogP contribution in [0.25, 0.3) is 0 Å². The summed E-state index contributed by atoms with van der Waals surface area (Å²) in [6.45, 7) is 12.3. The van der Waals surface area contributed by atoms with Gasteiger partial charge in [0.25, 0.3) is 0 Å². The van der Waals surface area contributed by atoms with Gasteiger partial charge in [-0.2, -0.15) is 0 Å². The third kappa shape index (κ3) is 2.75. The zero-order chi connectivity index (χ0) is 15.2. The van der Waals surface area contributed by atoms with Gasteiger partial charge in [0.1, 0.15) is 0 Å². The van der Waals surface area contributed by atoms with Crippen molar-refractivity contribution in [2.45, 2.75) is 58.2 Å². The topological polar surface area (TPSA) is 32.3 Å². The van der Waals surface area contributed by atoms with Crippen LogP contribution in [0, 0.1) is 0 Å². The summed E-state index contributed by atoms with van der Waals surface area (Å²) < 4.78 is 0. The first-order chi connectivity index (χ1) is 9.84. The zero-order valence-electron chi connectivity index (χ0n) is 13.2. The molecule has 3 rings (SSSR count). The monoisotopic (exact) mass is 284 g/mol. The summed E-state index contributed by atoms with van der Waals surface area (Å²) in [5.41, 5.74) is 5.12. The van der Waals surface area contributed by atoms with Crippen LogP contribution < -0.4 is 5.32 Å². The van der Waals surface area contributed by atoms with Crippen molar-refractivity contribution in [3.05, 3.63) is 47.2 Å². The lowest BCUT2D eigenvalue weighted by Gasteiger charge is -2.30. The molecule has 112 valence electrons. The van der Waals surface area contributed by atoms with Gasteiger partial charge in [-0.1, -0.05) is 45.5 Å². The van der Waals surface area contributed by atoms with Gasteiger partial charge in [0.15, 0.2) is 0 Å². The number of rotatable bonds is 1. The fourth-order valence-corrected chi connectivity index (χ4v) is 3.22. The number of amides is 1. The summed E-state index contributed by atoms with van der Waals surface area (Å²) in [5.74, 6) is 0.107. The van der Waals surface area contributed by atoms with Gasteiger partial charge in [0.05, 0.1) is 6.04 Å². The molecular weight excluding hydrogens is 260 g/mol. The molecule has 0 aliphatic carbocycles. The molecule has 0 radical (unpaired) electrons. The van der Waals surface area contributed by atoms with Crippen molar-refractivity contribution in [2.75, 3.05) is 0 Å². The van der Waals surface area contributed by atoms with E-state index >= 15 is 0 Å². The molecular formula is C18H24N2O. The molecule has 1 aromatic carbocycles. The van der Waals surface area contributed by atoms with Crippen LogP contribution in [0.15, 0.2) is 30.5 Å². The van der Waals surface area contributed by atoms with Crippen LogP contribution in [-0.4, -0.2) is 16.8 Å². The van der Waals surface area contributed by atoms with Crippen molar-refractivity contribution in [1.82, 2.24) is 10.2 Å². The largest absolute Gasteiger partial charge is 0.329 e. The predicted molar refractivity (Wildman–Crippen MR) is 84.7 cm³/mol. The summed E-state index contributed by atoms with van der Waals surface area (Å²) in [7, 11) is 0. The number of carbonyl (C=O) groups excluding carboxylic acids is 1. The number of hydrogen-bond donors (Lipinski definition) is 1. The molecule has 2 heterocycles. The Morgan fingerprint density at radius 1 is 1.24 bits per heavy atom. The lowest BCUT2D eigenvalue weighted by atomic mass is 9.85. The van der Waals surface area contributed by atoms with Crippen LogP contribution in [0.3, 0.4) is 0 Å². The molecule has 0 aromatic heterocycles. The number of carbonyl (C=O) groups is 1. The van der Waals surface area contributed by atoms with E-state index < -0.39 is 0 Å². The first-order valence-electron chi connectivity index (χ1n) is 7.69. The maximum atomic E-state index is 12.2. The molecule has 2 aliphatic heterocycles. The van der Waals surface area contributed by atoms with E-state index in [1.54, 1.807) is 0 Å². The molecule has 0 spiro atoms. The predicted octanol–water partition coefficient (Wildman–Crippen LogP) is 3.09. The van der Waals surface area contributed by atoms with Crippen molar-refractivity contribution < 1.29 is 4.79 Å². The first-order valence-corrected chi connectivity index (χ1v) is 7.69. The minimum Gasteiger partial charge on any atom is -0.329 e. The molecule has 3 heteroatoms. The van der Waals surface area contributed by atoms with Gasteiger partial charge >= 0.3 is 0 Å². The standard InChI is InChI=1S/C18H24N2O/c1-12-5-8-16(17(21)19-12)20-10-13-6-7-15(18(2,3)4)9-14(13)11-20/h6-7,9,16H,1,5,8,10-11H2,2-4H3,(H,19,21). The minimum atomic E-state index is -0.0130. The van der Waals surface area contributed by atoms with E-state index in [1.165, 1.54) is 16.7 Å². The maximum Gasteiger partial charge on any atom is 0.241 e. The van der Waals surface area contributed by atoms with Gasteiger partial charge in [-0.3, -0.25) is 9.69 Å². The molecule has 1 aromatic rings. The van der Waals surface area contributed by atoms with Gasteiger partial charge in [0, 0.05) is 18.8 Å². The van der Waals surface area contributed by atoms with E-state index in [-0.39, 0.29) is 17.4 Å². The second-order valence-electron chi connectivity index (χ2n) is 7.29. The fraction of sp³-hybridized carbons (Fsp3) is 0.500. The highest BCUT2D eigenvalue weighted by molar-refractivity contribution is 5.84. The van der Waals surface area contributed by atoms with Crippen molar-refractivity contribution >= 4 is 5.91 Å². The Hall–Kier alpha value is -1.61. The Morgan fingerprint density at radius 2 is 1.95 bits per heavy atom. The highest BCUT2D eigenvalue weighted by Gasteiger charge is 2.33. The summed E-state index contributed by atoms with van der Waals surface area (Å²) in [6.07, 6.45) is 1.77. The molecule has 1 atom stereocenters. The smallest absolute Gasteiger partial charge is 0.241 e. The maximum absolute atomic E-state index is 12.2. The number of hydrogen-bond acceptors (Lipinski definition) is 2. The average Bonchev–Trinajstić information content (AvgIpc) is 2.79. The highest BCUT2D eigenvalue weighted by Crippen LogP contribution is 2.31. The van der Waals surface area contributed by atoms with Crippen LogP contribution in [0.1, 0.15) is 50.3 Å². The molecule has 1 unspecified atom stereocenters. The van der Waals surface area contributed by atoms with Crippen LogP contribution >= 0.6 is 0 Å². The van der Waals surface area contributed by atoms with Gasteiger partial charge in [-0.15, -0.1) is 0 Å². The number of benzene rings is 1. The number of nitrogens with one attached hydrogen (secondary N) is 1. The lowest BCUT2D eigenvalue weighted by Crippen LogP contribution is -2.47. The van der Waals surface area contributed by atoms with E-state index in [4.69, 9.17) is 0 Å². The van der Waals surface area contributed by atoms with Crippen molar-refractivity contribution in [3.8, 4) is 0 Å². The fourth-order valence-electron chi connectivity index (χ4n) is 3.22. The first kappa shape index (κ1) is 14.3. The average molecular weight is 284 g/mol. The number of nitrogens with zero attached hydrogens (tertiary/aromatic N) is 1. The number of piperidine rings is 1. The molecule has 2 aliphatic rings. The zero-order valence-corrected chi connectivity index (χ0v) is 13.2. The third-order valence-corrected chi connectivity index (χ3v) is 4.58. The normalized spacial score (nSPS) is 23.1. The van der Waals surface area contributed by atoms with E-state index in [1.807, 2.05) is 0 Å². The summed E-state index contributed by atoms with van der Waals surface area (Å²) >= 11 is 0. The van der Waals surface area contributed by atoms with Crippen LogP contribution in [0.2, 0.25) is 0 Å². The highest BCUT2D eigenvalue weighted by atomic mass is 16.2. The molecule has 3 nitrogen and oxygen atoms in total. The van der Waals surface area contributed by atoms with Gasteiger partial charge in [-0.25, -0.2) is 0 Å². The van der Waals surface area contributed by atoms with E-state index in [9.17, 15) is 4.79 Å². The van der Waals surface area contributed by atoms with E-state index in [2.05, 4.69) is 55.8 Å². The van der Waals surface area contributed by atoms with Crippen LogP contribution in [-0.2, 0) is 23.3 Å². The molecule has 1 fully saturated rings. The van der Waals surface area contributed by atoms with Gasteiger partial charge < -0.3 is 5.32 Å². The van der Waals surface area contributed by atoms with Gasteiger partial charge in [0.2, 0.25) is 5.91 Å². The van der Waals surface area contributed by atoms with Gasteiger partial charge in [-0.05, 0) is 34.9 Å². The number of fused-ring (bicyclic) bond motifs is 1. The Kier molecular flexibility index (Phi) is 3.40. The molecule has 1 N–H and O–H groups in total. The molecule has 21 heavy (non-hydrogen) atoms. The van der Waals surface area contributed by atoms with E-state index in [0.29, 0.717) is 0 Å². The third-order valence-electron chi connectivity index (χ3n) is 4.58. The van der Waals surface area contributed by atoms with Crippen molar-refractivity contribution in [1.29, 1.82) is 0 Å². The quantitative estimate of drug-likeness (QED) is 0.859. The molecule has 1 amide bonds. The summed E-state index contributed by atoms with van der Waals surface area (Å²) in [5, 5.41) is 2.89. The SMILES string of the molecule is C=C1CCC(N2Cc3ccc(C(C)(C)C)cc3C2)C(=O)N1. The summed E-state index contributed by atoms with van der Waals surface area (Å²) in [6, 6.07) is 6.76. The molecule has 0 saturated carbocycles. The van der Waals surface area contributed by atoms with Crippen LogP contribution in [0.4, 0.5) is 0 Å². The molecule has 0 bridgehead atoms. The second-order valence-corrected chi connectivity index (χ2v) is 7.29. The number of allylic oxidation sites excluding steroid dienone is 1. The Balaban J connectivity index is 1.79. The van der Waals surface area contributed by atoms with Crippen molar-refractivity contribution in [2.24, 2.45) is 0 Å². The molecule has 1 saturated heterocycles. The van der Waals surface area contributed by atoms with Crippen LogP contribution in [0.5, 0.6) is 0 Å². The van der Waals surface area contributed by atoms with Crippen molar-refractivity contribution in [3.63, 3.8) is 0 Å². The lowest BCUT2D eigenvalue weighted by molar-refractivity contribution is -0.127. The Morgan fingerprint density at radius 3 is 2.62 bits per heavy atom. The van der Waals surface area contributed by atoms with E-state index in [0.717, 1.165) is 31.6 Å². The second kappa shape index (κ2) is 4.99. The Bertz CT molecular complexity index is 598. The minimum absolute atomic E-state index is 0.0130.